The zero-order valence-electron chi connectivity index (χ0n) is 12.1. The molecule has 1 N–H and O–H groups in total. The van der Waals surface area contributed by atoms with E-state index < -0.39 is 11.6 Å². The predicted octanol–water partition coefficient (Wildman–Crippen LogP) is 4.77. The second kappa shape index (κ2) is 6.94. The first-order valence-corrected chi connectivity index (χ1v) is 8.32. The molecule has 0 saturated carbocycles. The van der Waals surface area contributed by atoms with Crippen LogP contribution in [-0.4, -0.2) is 12.0 Å². The lowest BCUT2D eigenvalue weighted by Gasteiger charge is -2.04. The first-order chi connectivity index (χ1) is 9.93. The molecule has 0 spiro atoms. The number of thiazole rings is 1. The summed E-state index contributed by atoms with van der Waals surface area (Å²) in [7, 11) is 1.88. The molecule has 1 aromatic carbocycles. The highest BCUT2D eigenvalue weighted by Crippen LogP contribution is 2.36. The zero-order chi connectivity index (χ0) is 15.6. The number of halogens is 3. The van der Waals surface area contributed by atoms with Crippen molar-refractivity contribution >= 4 is 27.3 Å². The Morgan fingerprint density at radius 2 is 2.05 bits per heavy atom. The molecule has 0 aliphatic rings. The molecule has 0 radical (unpaired) electrons. The Kier molecular flexibility index (Phi) is 5.46. The van der Waals surface area contributed by atoms with Gasteiger partial charge in [0, 0.05) is 17.0 Å². The van der Waals surface area contributed by atoms with Crippen LogP contribution in [0.25, 0.3) is 10.6 Å². The highest BCUT2D eigenvalue weighted by atomic mass is 79.9. The molecule has 2 nitrogen and oxygen atoms in total. The lowest BCUT2D eigenvalue weighted by molar-refractivity contribution is 0.504. The fraction of sp³-hybridized carbons (Fsp3) is 0.400. The Morgan fingerprint density at radius 1 is 1.33 bits per heavy atom. The third-order valence-electron chi connectivity index (χ3n) is 2.98. The van der Waals surface area contributed by atoms with Crippen molar-refractivity contribution in [3.63, 3.8) is 0 Å². The number of nitrogens with one attached hydrogen (secondary N) is 1. The number of benzene rings is 1. The van der Waals surface area contributed by atoms with Gasteiger partial charge in [-0.25, -0.2) is 13.8 Å². The minimum atomic E-state index is -0.872. The summed E-state index contributed by atoms with van der Waals surface area (Å²) in [6.07, 6.45) is 0.870. The summed E-state index contributed by atoms with van der Waals surface area (Å²) < 4.78 is 27.0. The first kappa shape index (κ1) is 16.5. The minimum absolute atomic E-state index is 0.128. The van der Waals surface area contributed by atoms with Crippen molar-refractivity contribution in [1.82, 2.24) is 10.3 Å². The van der Waals surface area contributed by atoms with E-state index in [1.54, 1.807) is 6.07 Å². The maximum Gasteiger partial charge on any atom is 0.173 e. The summed E-state index contributed by atoms with van der Waals surface area (Å²) in [6, 6.07) is 2.69. The van der Waals surface area contributed by atoms with Crippen LogP contribution in [0.2, 0.25) is 0 Å². The second-order valence-corrected chi connectivity index (χ2v) is 7.12. The van der Waals surface area contributed by atoms with Crippen molar-refractivity contribution in [2.24, 2.45) is 5.92 Å². The number of nitrogens with zero attached hydrogens (tertiary/aromatic N) is 1. The summed E-state index contributed by atoms with van der Waals surface area (Å²) in [4.78, 5) is 5.77. The Labute approximate surface area is 135 Å². The number of rotatable bonds is 5. The topological polar surface area (TPSA) is 24.9 Å². The number of hydrogen-bond acceptors (Lipinski definition) is 3. The Morgan fingerprint density at radius 3 is 2.67 bits per heavy atom. The van der Waals surface area contributed by atoms with Gasteiger partial charge in [0.1, 0.15) is 5.01 Å². The van der Waals surface area contributed by atoms with E-state index in [-0.39, 0.29) is 4.47 Å². The standard InChI is InChI=1S/C15H17BrF2N2S/c1-8(2)6-11-12(7-19-3)21-15(20-11)9-4-5-10(17)14(18)13(9)16/h4-5,8,19H,6-7H2,1-3H3. The van der Waals surface area contributed by atoms with Crippen molar-refractivity contribution in [3.8, 4) is 10.6 Å². The van der Waals surface area contributed by atoms with Gasteiger partial charge in [-0.3, -0.25) is 0 Å². The van der Waals surface area contributed by atoms with Crippen molar-refractivity contribution in [3.05, 3.63) is 38.8 Å². The SMILES string of the molecule is CNCc1sc(-c2ccc(F)c(F)c2Br)nc1CC(C)C. The molecule has 21 heavy (non-hydrogen) atoms. The molecule has 0 saturated heterocycles. The molecule has 0 atom stereocenters. The molecule has 0 aliphatic carbocycles. The molecule has 2 aromatic rings. The second-order valence-electron chi connectivity index (χ2n) is 5.24. The van der Waals surface area contributed by atoms with Crippen molar-refractivity contribution in [2.75, 3.05) is 7.05 Å². The van der Waals surface area contributed by atoms with Gasteiger partial charge >= 0.3 is 0 Å². The maximum absolute atomic E-state index is 13.7. The van der Waals surface area contributed by atoms with Crippen LogP contribution >= 0.6 is 27.3 Å². The fourth-order valence-corrected chi connectivity index (χ4v) is 3.81. The van der Waals surface area contributed by atoms with Crippen LogP contribution in [0.4, 0.5) is 8.78 Å². The van der Waals surface area contributed by atoms with Crippen LogP contribution in [0.15, 0.2) is 16.6 Å². The van der Waals surface area contributed by atoms with Gasteiger partial charge in [-0.15, -0.1) is 11.3 Å². The third-order valence-corrected chi connectivity index (χ3v) is 4.89. The Balaban J connectivity index is 2.47. The van der Waals surface area contributed by atoms with Gasteiger partial charge < -0.3 is 5.32 Å². The molecular weight excluding hydrogens is 358 g/mol. The van der Waals surface area contributed by atoms with Gasteiger partial charge in [-0.05, 0) is 47.4 Å². The average Bonchev–Trinajstić information content (AvgIpc) is 2.79. The van der Waals surface area contributed by atoms with Crippen LogP contribution in [0, 0.1) is 17.6 Å². The van der Waals surface area contributed by atoms with Gasteiger partial charge in [0.25, 0.3) is 0 Å². The van der Waals surface area contributed by atoms with E-state index in [0.717, 1.165) is 29.6 Å². The molecule has 0 unspecified atom stereocenters. The van der Waals surface area contributed by atoms with E-state index in [9.17, 15) is 8.78 Å². The van der Waals surface area contributed by atoms with Crippen LogP contribution in [-0.2, 0) is 13.0 Å². The van der Waals surface area contributed by atoms with Gasteiger partial charge in [0.2, 0.25) is 0 Å². The first-order valence-electron chi connectivity index (χ1n) is 6.71. The van der Waals surface area contributed by atoms with E-state index in [0.29, 0.717) is 16.5 Å². The quantitative estimate of drug-likeness (QED) is 0.762. The molecular formula is C15H17BrF2N2S. The molecule has 0 amide bonds. The molecule has 1 heterocycles. The van der Waals surface area contributed by atoms with Gasteiger partial charge in [0.05, 0.1) is 10.2 Å². The lowest BCUT2D eigenvalue weighted by atomic mass is 10.1. The highest BCUT2D eigenvalue weighted by molar-refractivity contribution is 9.10. The van der Waals surface area contributed by atoms with E-state index in [1.165, 1.54) is 11.3 Å². The Hall–Kier alpha value is -0.850. The predicted molar refractivity (Wildman–Crippen MR) is 86.5 cm³/mol. The normalized spacial score (nSPS) is 11.4. The van der Waals surface area contributed by atoms with Crippen molar-refractivity contribution in [2.45, 2.75) is 26.8 Å². The summed E-state index contributed by atoms with van der Waals surface area (Å²) in [5.74, 6) is -1.24. The molecule has 2 rings (SSSR count). The molecule has 0 fully saturated rings. The summed E-state index contributed by atoms with van der Waals surface area (Å²) in [5.41, 5.74) is 1.61. The van der Waals surface area contributed by atoms with Crippen LogP contribution in [0.1, 0.15) is 24.4 Å². The monoisotopic (exact) mass is 374 g/mol. The van der Waals surface area contributed by atoms with Crippen LogP contribution in [0.5, 0.6) is 0 Å². The molecule has 0 bridgehead atoms. The minimum Gasteiger partial charge on any atom is -0.315 e. The summed E-state index contributed by atoms with van der Waals surface area (Å²) in [5, 5.41) is 3.83. The maximum atomic E-state index is 13.7. The highest BCUT2D eigenvalue weighted by Gasteiger charge is 2.18. The lowest BCUT2D eigenvalue weighted by Crippen LogP contribution is -2.07. The third kappa shape index (κ3) is 3.67. The largest absolute Gasteiger partial charge is 0.315 e. The van der Waals surface area contributed by atoms with Crippen molar-refractivity contribution in [1.29, 1.82) is 0 Å². The van der Waals surface area contributed by atoms with Crippen LogP contribution in [0.3, 0.4) is 0 Å². The smallest absolute Gasteiger partial charge is 0.173 e. The zero-order valence-corrected chi connectivity index (χ0v) is 14.5. The Bertz CT molecular complexity index is 641. The average molecular weight is 375 g/mol. The number of aromatic nitrogens is 1. The molecule has 0 aliphatic heterocycles. The van der Waals surface area contributed by atoms with Crippen LogP contribution < -0.4 is 5.32 Å². The molecule has 6 heteroatoms. The molecule has 114 valence electrons. The number of hydrogen-bond donors (Lipinski definition) is 1. The fourth-order valence-electron chi connectivity index (χ4n) is 2.03. The van der Waals surface area contributed by atoms with Crippen molar-refractivity contribution < 1.29 is 8.78 Å². The van der Waals surface area contributed by atoms with E-state index in [1.807, 2.05) is 7.05 Å². The van der Waals surface area contributed by atoms with E-state index >= 15 is 0 Å². The van der Waals surface area contributed by atoms with Gasteiger partial charge in [-0.1, -0.05) is 13.8 Å². The van der Waals surface area contributed by atoms with Gasteiger partial charge in [0.15, 0.2) is 11.6 Å². The summed E-state index contributed by atoms with van der Waals surface area (Å²) >= 11 is 4.64. The van der Waals surface area contributed by atoms with E-state index in [4.69, 9.17) is 0 Å². The van der Waals surface area contributed by atoms with E-state index in [2.05, 4.69) is 40.1 Å². The molecule has 1 aromatic heterocycles. The summed E-state index contributed by atoms with van der Waals surface area (Å²) in [6.45, 7) is 4.99. The van der Waals surface area contributed by atoms with Gasteiger partial charge in [-0.2, -0.15) is 0 Å².